The van der Waals surface area contributed by atoms with E-state index in [1.807, 2.05) is 24.3 Å². The first kappa shape index (κ1) is 14.1. The molecule has 0 bridgehead atoms. The fraction of sp³-hybridized carbons (Fsp3) is 0.294. The van der Waals surface area contributed by atoms with Crippen molar-refractivity contribution in [2.45, 2.75) is 32.3 Å². The first-order chi connectivity index (χ1) is 9.15. The molecule has 0 spiro atoms. The van der Waals surface area contributed by atoms with Gasteiger partial charge in [-0.2, -0.15) is 0 Å². The van der Waals surface area contributed by atoms with Crippen molar-refractivity contribution < 1.29 is 5.11 Å². The molecule has 100 valence electrons. The fourth-order valence-electron chi connectivity index (χ4n) is 2.11. The summed E-state index contributed by atoms with van der Waals surface area (Å²) >= 11 is 6.09. The van der Waals surface area contributed by atoms with Crippen LogP contribution >= 0.6 is 11.6 Å². The largest absolute Gasteiger partial charge is 0.393 e. The van der Waals surface area contributed by atoms with E-state index in [4.69, 9.17) is 11.6 Å². The molecule has 1 N–H and O–H groups in total. The van der Waals surface area contributed by atoms with Gasteiger partial charge in [0.1, 0.15) is 0 Å². The van der Waals surface area contributed by atoms with Crippen LogP contribution in [-0.4, -0.2) is 11.2 Å². The molecule has 2 rings (SSSR count). The van der Waals surface area contributed by atoms with Crippen molar-refractivity contribution >= 4 is 11.6 Å². The monoisotopic (exact) mass is 274 g/mol. The maximum atomic E-state index is 10.1. The Balaban J connectivity index is 1.86. The van der Waals surface area contributed by atoms with Crippen LogP contribution in [0.25, 0.3) is 0 Å². The van der Waals surface area contributed by atoms with E-state index in [9.17, 15) is 5.11 Å². The van der Waals surface area contributed by atoms with Crippen molar-refractivity contribution in [1.29, 1.82) is 0 Å². The molecule has 1 unspecified atom stereocenters. The van der Waals surface area contributed by atoms with E-state index < -0.39 is 0 Å². The number of aliphatic hydroxyl groups excluding tert-OH is 1. The normalized spacial score (nSPS) is 12.4. The van der Waals surface area contributed by atoms with Crippen LogP contribution in [0, 0.1) is 6.92 Å². The number of rotatable bonds is 5. The molecule has 0 saturated carbocycles. The third-order valence-corrected chi connectivity index (χ3v) is 3.67. The molecule has 19 heavy (non-hydrogen) atoms. The Morgan fingerprint density at radius 1 is 1.05 bits per heavy atom. The molecule has 0 aromatic heterocycles. The summed E-state index contributed by atoms with van der Waals surface area (Å²) in [7, 11) is 0. The molecule has 0 radical (unpaired) electrons. The van der Waals surface area contributed by atoms with Gasteiger partial charge in [-0.3, -0.25) is 0 Å². The minimum absolute atomic E-state index is 0.346. The number of aliphatic hydroxyl groups is 1. The van der Waals surface area contributed by atoms with Crippen LogP contribution in [0.15, 0.2) is 48.5 Å². The fourth-order valence-corrected chi connectivity index (χ4v) is 2.32. The Bertz CT molecular complexity index is 519. The van der Waals surface area contributed by atoms with E-state index in [0.29, 0.717) is 6.42 Å². The highest BCUT2D eigenvalue weighted by Gasteiger charge is 2.08. The Morgan fingerprint density at radius 3 is 2.42 bits per heavy atom. The molecule has 0 fully saturated rings. The Kier molecular flexibility index (Phi) is 5.00. The average molecular weight is 275 g/mol. The maximum Gasteiger partial charge on any atom is 0.0584 e. The van der Waals surface area contributed by atoms with Crippen molar-refractivity contribution in [1.82, 2.24) is 0 Å². The maximum absolute atomic E-state index is 10.1. The molecule has 0 saturated heterocycles. The first-order valence-corrected chi connectivity index (χ1v) is 7.00. The predicted octanol–water partition coefficient (Wildman–Crippen LogP) is 4.18. The summed E-state index contributed by atoms with van der Waals surface area (Å²) < 4.78 is 0. The van der Waals surface area contributed by atoms with Crippen LogP contribution < -0.4 is 0 Å². The number of benzene rings is 2. The van der Waals surface area contributed by atoms with Gasteiger partial charge in [-0.25, -0.2) is 0 Å². The summed E-state index contributed by atoms with van der Waals surface area (Å²) in [6.45, 7) is 2.08. The zero-order valence-electron chi connectivity index (χ0n) is 11.1. The van der Waals surface area contributed by atoms with Crippen molar-refractivity contribution in [3.8, 4) is 0 Å². The van der Waals surface area contributed by atoms with Crippen molar-refractivity contribution in [3.05, 3.63) is 70.2 Å². The van der Waals surface area contributed by atoms with E-state index in [1.165, 1.54) is 11.1 Å². The van der Waals surface area contributed by atoms with Gasteiger partial charge in [0.2, 0.25) is 0 Å². The molecule has 2 aromatic carbocycles. The van der Waals surface area contributed by atoms with Gasteiger partial charge in [-0.15, -0.1) is 0 Å². The minimum atomic E-state index is -0.346. The highest BCUT2D eigenvalue weighted by Crippen LogP contribution is 2.18. The second-order valence-corrected chi connectivity index (χ2v) is 5.38. The van der Waals surface area contributed by atoms with Crippen LogP contribution in [0.4, 0.5) is 0 Å². The molecule has 1 nitrogen and oxygen atoms in total. The lowest BCUT2D eigenvalue weighted by Crippen LogP contribution is -2.12. The van der Waals surface area contributed by atoms with Crippen LogP contribution in [0.3, 0.4) is 0 Å². The molecule has 0 heterocycles. The zero-order valence-corrected chi connectivity index (χ0v) is 11.9. The molecule has 0 amide bonds. The molecule has 2 aromatic rings. The van der Waals surface area contributed by atoms with Crippen molar-refractivity contribution in [2.24, 2.45) is 0 Å². The van der Waals surface area contributed by atoms with Gasteiger partial charge in [-0.1, -0.05) is 59.6 Å². The quantitative estimate of drug-likeness (QED) is 0.867. The van der Waals surface area contributed by atoms with Gasteiger partial charge in [0, 0.05) is 5.02 Å². The molecular weight excluding hydrogens is 256 g/mol. The van der Waals surface area contributed by atoms with E-state index in [-0.39, 0.29) is 6.10 Å². The highest BCUT2D eigenvalue weighted by molar-refractivity contribution is 6.31. The Morgan fingerprint density at radius 2 is 1.74 bits per heavy atom. The first-order valence-electron chi connectivity index (χ1n) is 6.62. The van der Waals surface area contributed by atoms with Gasteiger partial charge in [0.25, 0.3) is 0 Å². The standard InChI is InChI=1S/C17H19ClO/c1-13-6-8-14(9-7-13)10-11-16(19)12-15-4-2-3-5-17(15)18/h2-9,16,19H,10-12H2,1H3. The Hall–Kier alpha value is -1.31. The molecule has 0 aliphatic heterocycles. The van der Waals surface area contributed by atoms with Crippen LogP contribution in [0.1, 0.15) is 23.1 Å². The number of hydrogen-bond donors (Lipinski definition) is 1. The second kappa shape index (κ2) is 6.74. The van der Waals surface area contributed by atoms with Crippen LogP contribution in [0.5, 0.6) is 0 Å². The summed E-state index contributed by atoms with van der Waals surface area (Å²) in [5.74, 6) is 0. The lowest BCUT2D eigenvalue weighted by molar-refractivity contribution is 0.165. The Labute approximate surface area is 119 Å². The van der Waals surface area contributed by atoms with Gasteiger partial charge in [-0.05, 0) is 43.4 Å². The summed E-state index contributed by atoms with van der Waals surface area (Å²) in [6, 6.07) is 16.2. The summed E-state index contributed by atoms with van der Waals surface area (Å²) in [4.78, 5) is 0. The minimum Gasteiger partial charge on any atom is -0.393 e. The highest BCUT2D eigenvalue weighted by atomic mass is 35.5. The van der Waals surface area contributed by atoms with Gasteiger partial charge >= 0.3 is 0 Å². The van der Waals surface area contributed by atoms with Gasteiger partial charge < -0.3 is 5.11 Å². The molecule has 2 heteroatoms. The molecule has 0 aliphatic rings. The number of aryl methyl sites for hydroxylation is 2. The van der Waals surface area contributed by atoms with Gasteiger partial charge in [0.15, 0.2) is 0 Å². The topological polar surface area (TPSA) is 20.2 Å². The smallest absolute Gasteiger partial charge is 0.0584 e. The summed E-state index contributed by atoms with van der Waals surface area (Å²) in [5.41, 5.74) is 3.55. The van der Waals surface area contributed by atoms with Crippen LogP contribution in [0.2, 0.25) is 5.02 Å². The number of hydrogen-bond acceptors (Lipinski definition) is 1. The number of halogens is 1. The van der Waals surface area contributed by atoms with E-state index in [2.05, 4.69) is 31.2 Å². The predicted molar refractivity (Wildman–Crippen MR) is 80.7 cm³/mol. The SMILES string of the molecule is Cc1ccc(CCC(O)Cc2ccccc2Cl)cc1. The van der Waals surface area contributed by atoms with Crippen molar-refractivity contribution in [2.75, 3.05) is 0 Å². The van der Waals surface area contributed by atoms with Crippen LogP contribution in [-0.2, 0) is 12.8 Å². The van der Waals surface area contributed by atoms with E-state index in [1.54, 1.807) is 0 Å². The van der Waals surface area contributed by atoms with Gasteiger partial charge in [0.05, 0.1) is 6.10 Å². The summed E-state index contributed by atoms with van der Waals surface area (Å²) in [5, 5.41) is 10.8. The van der Waals surface area contributed by atoms with E-state index in [0.717, 1.165) is 23.4 Å². The van der Waals surface area contributed by atoms with Crippen molar-refractivity contribution in [3.63, 3.8) is 0 Å². The average Bonchev–Trinajstić information content (AvgIpc) is 2.41. The van der Waals surface area contributed by atoms with E-state index >= 15 is 0 Å². The zero-order chi connectivity index (χ0) is 13.7. The lowest BCUT2D eigenvalue weighted by Gasteiger charge is -2.12. The molecule has 0 aliphatic carbocycles. The molecule has 1 atom stereocenters. The third-order valence-electron chi connectivity index (χ3n) is 3.30. The second-order valence-electron chi connectivity index (χ2n) is 4.97. The summed E-state index contributed by atoms with van der Waals surface area (Å²) in [6.07, 6.45) is 1.92. The third kappa shape index (κ3) is 4.38. The molecular formula is C17H19ClO. The lowest BCUT2D eigenvalue weighted by atomic mass is 10.0.